The van der Waals surface area contributed by atoms with E-state index >= 15 is 0 Å². The number of H-pyrrole nitrogens is 2. The van der Waals surface area contributed by atoms with E-state index in [1.165, 1.54) is 7.11 Å². The Morgan fingerprint density at radius 3 is 2.76 bits per heavy atom. The van der Waals surface area contributed by atoms with Crippen molar-refractivity contribution < 1.29 is 19.0 Å². The average molecular weight is 463 g/mol. The molecule has 1 unspecified atom stereocenters. The van der Waals surface area contributed by atoms with Crippen LogP contribution in [-0.2, 0) is 4.74 Å². The van der Waals surface area contributed by atoms with Crippen LogP contribution < -0.4 is 15.2 Å². The number of para-hydroxylation sites is 2. The molecule has 9 heteroatoms. The van der Waals surface area contributed by atoms with Crippen LogP contribution in [0.1, 0.15) is 29.4 Å². The Kier molecular flexibility index (Phi) is 5.06. The largest absolute Gasteiger partial charge is 0.486 e. The van der Waals surface area contributed by atoms with E-state index in [0.717, 1.165) is 54.4 Å². The third kappa shape index (κ3) is 3.52. The quantitative estimate of drug-likeness (QED) is 0.452. The van der Waals surface area contributed by atoms with E-state index in [1.807, 2.05) is 41.0 Å². The van der Waals surface area contributed by atoms with Gasteiger partial charge in [0.1, 0.15) is 18.4 Å². The van der Waals surface area contributed by atoms with Crippen LogP contribution >= 0.6 is 0 Å². The van der Waals surface area contributed by atoms with Crippen LogP contribution in [0.15, 0.2) is 47.3 Å². The van der Waals surface area contributed by atoms with Gasteiger partial charge in [0.15, 0.2) is 11.5 Å². The zero-order valence-electron chi connectivity index (χ0n) is 18.9. The SMILES string of the molecule is COC(=O)c1cc2c3c(ccc2[nH]1)OCC(CN1CCC(n2c(=O)[nH]c4ccccc42)CC1)O3. The molecule has 34 heavy (non-hydrogen) atoms. The molecule has 0 aliphatic carbocycles. The number of ether oxygens (including phenoxy) is 3. The second kappa shape index (κ2) is 8.25. The second-order valence-electron chi connectivity index (χ2n) is 8.93. The first-order valence-corrected chi connectivity index (χ1v) is 11.6. The fraction of sp³-hybridized carbons (Fsp3) is 0.360. The van der Waals surface area contributed by atoms with Gasteiger partial charge in [-0.15, -0.1) is 0 Å². The number of hydrogen-bond acceptors (Lipinski definition) is 6. The molecule has 2 aromatic carbocycles. The smallest absolute Gasteiger partial charge is 0.354 e. The highest BCUT2D eigenvalue weighted by atomic mass is 16.6. The monoisotopic (exact) mass is 462 g/mol. The van der Waals surface area contributed by atoms with Crippen molar-refractivity contribution in [3.05, 3.63) is 58.6 Å². The van der Waals surface area contributed by atoms with Crippen molar-refractivity contribution in [2.24, 2.45) is 0 Å². The first-order valence-electron chi connectivity index (χ1n) is 11.6. The van der Waals surface area contributed by atoms with Gasteiger partial charge in [0.25, 0.3) is 0 Å². The molecule has 1 fully saturated rings. The number of aromatic nitrogens is 3. The lowest BCUT2D eigenvalue weighted by Crippen LogP contribution is -2.45. The Hall–Kier alpha value is -3.72. The molecule has 6 rings (SSSR count). The molecular weight excluding hydrogens is 436 g/mol. The second-order valence-corrected chi connectivity index (χ2v) is 8.93. The minimum Gasteiger partial charge on any atom is -0.486 e. The minimum absolute atomic E-state index is 0.0397. The maximum atomic E-state index is 12.5. The first kappa shape index (κ1) is 20.9. The van der Waals surface area contributed by atoms with Gasteiger partial charge in [-0.25, -0.2) is 9.59 Å². The molecule has 0 radical (unpaired) electrons. The maximum absolute atomic E-state index is 12.5. The molecular formula is C25H26N4O5. The van der Waals surface area contributed by atoms with Gasteiger partial charge in [-0.2, -0.15) is 0 Å². The van der Waals surface area contributed by atoms with Gasteiger partial charge in [0.2, 0.25) is 0 Å². The molecule has 0 amide bonds. The molecule has 2 aliphatic heterocycles. The summed E-state index contributed by atoms with van der Waals surface area (Å²) in [6, 6.07) is 13.5. The number of nitrogens with one attached hydrogen (secondary N) is 2. The summed E-state index contributed by atoms with van der Waals surface area (Å²) < 4.78 is 19.1. The third-order valence-electron chi connectivity index (χ3n) is 6.84. The summed E-state index contributed by atoms with van der Waals surface area (Å²) in [4.78, 5) is 32.9. The number of likely N-dealkylation sites (tertiary alicyclic amines) is 1. The number of benzene rings is 2. The maximum Gasteiger partial charge on any atom is 0.354 e. The molecule has 1 saturated heterocycles. The summed E-state index contributed by atoms with van der Waals surface area (Å²) >= 11 is 0. The number of carbonyl (C=O) groups is 1. The van der Waals surface area contributed by atoms with E-state index in [-0.39, 0.29) is 17.8 Å². The van der Waals surface area contributed by atoms with Crippen molar-refractivity contribution in [2.75, 3.05) is 33.4 Å². The summed E-state index contributed by atoms with van der Waals surface area (Å²) in [5.41, 5.74) is 2.99. The number of fused-ring (bicyclic) bond motifs is 4. The zero-order chi connectivity index (χ0) is 23.2. The van der Waals surface area contributed by atoms with E-state index in [4.69, 9.17) is 14.2 Å². The van der Waals surface area contributed by atoms with Gasteiger partial charge in [0, 0.05) is 31.1 Å². The van der Waals surface area contributed by atoms with E-state index in [2.05, 4.69) is 14.9 Å². The molecule has 0 spiro atoms. The van der Waals surface area contributed by atoms with Crippen LogP contribution in [0.4, 0.5) is 0 Å². The predicted molar refractivity (Wildman–Crippen MR) is 127 cm³/mol. The lowest BCUT2D eigenvalue weighted by atomic mass is 10.0. The van der Waals surface area contributed by atoms with Crippen molar-refractivity contribution in [1.29, 1.82) is 0 Å². The Labute approximate surface area is 195 Å². The summed E-state index contributed by atoms with van der Waals surface area (Å²) in [5, 5.41) is 0.806. The number of esters is 1. The van der Waals surface area contributed by atoms with Crippen molar-refractivity contribution in [3.63, 3.8) is 0 Å². The van der Waals surface area contributed by atoms with Gasteiger partial charge in [0.05, 0.1) is 23.7 Å². The van der Waals surface area contributed by atoms with Crippen molar-refractivity contribution in [2.45, 2.75) is 25.0 Å². The lowest BCUT2D eigenvalue weighted by molar-refractivity contribution is 0.0499. The van der Waals surface area contributed by atoms with Gasteiger partial charge in [-0.1, -0.05) is 12.1 Å². The summed E-state index contributed by atoms with van der Waals surface area (Å²) in [7, 11) is 1.36. The molecule has 176 valence electrons. The van der Waals surface area contributed by atoms with E-state index in [1.54, 1.807) is 6.07 Å². The lowest BCUT2D eigenvalue weighted by Gasteiger charge is -2.36. The van der Waals surface area contributed by atoms with Crippen LogP contribution in [0.5, 0.6) is 11.5 Å². The number of carbonyl (C=O) groups excluding carboxylic acids is 1. The normalized spacial score (nSPS) is 19.0. The Morgan fingerprint density at radius 2 is 1.94 bits per heavy atom. The van der Waals surface area contributed by atoms with Crippen LogP contribution in [0, 0.1) is 0 Å². The van der Waals surface area contributed by atoms with Gasteiger partial charge in [-0.05, 0) is 43.2 Å². The highest BCUT2D eigenvalue weighted by Gasteiger charge is 2.29. The summed E-state index contributed by atoms with van der Waals surface area (Å²) in [6.07, 6.45) is 1.68. The number of hydrogen-bond donors (Lipinski definition) is 2. The van der Waals surface area contributed by atoms with Crippen molar-refractivity contribution >= 4 is 27.9 Å². The highest BCUT2D eigenvalue weighted by molar-refractivity contribution is 5.98. The van der Waals surface area contributed by atoms with E-state index in [9.17, 15) is 9.59 Å². The van der Waals surface area contributed by atoms with E-state index in [0.29, 0.717) is 23.8 Å². The Balaban J connectivity index is 1.14. The molecule has 2 aromatic heterocycles. The molecule has 9 nitrogen and oxygen atoms in total. The third-order valence-corrected chi connectivity index (χ3v) is 6.84. The standard InChI is InChI=1S/C25H26N4O5/c1-32-24(30)20-12-17-18(26-20)6-7-22-23(17)34-16(14-33-22)13-28-10-8-15(9-11-28)29-21-5-3-2-4-19(21)27-25(29)31/h2-7,12,15-16,26H,8-11,13-14H2,1H3,(H,27,31). The number of aromatic amines is 2. The summed E-state index contributed by atoms with van der Waals surface area (Å²) in [6.45, 7) is 2.96. The average Bonchev–Trinajstić information content (AvgIpc) is 3.45. The van der Waals surface area contributed by atoms with Crippen molar-refractivity contribution in [1.82, 2.24) is 19.4 Å². The van der Waals surface area contributed by atoms with Gasteiger partial charge in [-0.3, -0.25) is 9.47 Å². The number of piperidine rings is 1. The van der Waals surface area contributed by atoms with E-state index < -0.39 is 5.97 Å². The first-order chi connectivity index (χ1) is 16.6. The van der Waals surface area contributed by atoms with Gasteiger partial charge < -0.3 is 24.2 Å². The zero-order valence-corrected chi connectivity index (χ0v) is 18.9. The number of nitrogens with zero attached hydrogens (tertiary/aromatic N) is 2. The molecule has 2 N–H and O–H groups in total. The minimum atomic E-state index is -0.421. The fourth-order valence-electron chi connectivity index (χ4n) is 5.17. The van der Waals surface area contributed by atoms with Crippen LogP contribution in [0.2, 0.25) is 0 Å². The highest BCUT2D eigenvalue weighted by Crippen LogP contribution is 2.39. The molecule has 2 aliphatic rings. The summed E-state index contributed by atoms with van der Waals surface area (Å²) in [5.74, 6) is 0.910. The number of imidazole rings is 1. The van der Waals surface area contributed by atoms with Crippen LogP contribution in [0.3, 0.4) is 0 Å². The number of methoxy groups -OCH3 is 1. The Morgan fingerprint density at radius 1 is 1.12 bits per heavy atom. The topological polar surface area (TPSA) is 102 Å². The van der Waals surface area contributed by atoms with Crippen LogP contribution in [-0.4, -0.2) is 64.9 Å². The fourth-order valence-corrected chi connectivity index (χ4v) is 5.17. The molecule has 4 aromatic rings. The molecule has 4 heterocycles. The molecule has 1 atom stereocenters. The molecule has 0 saturated carbocycles. The van der Waals surface area contributed by atoms with Crippen LogP contribution in [0.25, 0.3) is 21.9 Å². The Bertz CT molecular complexity index is 1430. The van der Waals surface area contributed by atoms with Crippen molar-refractivity contribution in [3.8, 4) is 11.5 Å². The number of rotatable bonds is 4. The van der Waals surface area contributed by atoms with Gasteiger partial charge >= 0.3 is 11.7 Å². The molecule has 0 bridgehead atoms. The predicted octanol–water partition coefficient (Wildman–Crippen LogP) is 3.07.